The van der Waals surface area contributed by atoms with Crippen LogP contribution in [0.4, 0.5) is 0 Å². The molecule has 1 aliphatic carbocycles. The zero-order valence-electron chi connectivity index (χ0n) is 12.4. The quantitative estimate of drug-likeness (QED) is 0.348. The second-order valence-electron chi connectivity index (χ2n) is 6.28. The van der Waals surface area contributed by atoms with Gasteiger partial charge in [0, 0.05) is 32.8 Å². The summed E-state index contributed by atoms with van der Waals surface area (Å²) in [4.78, 5) is 3.75. The molecule has 0 atom stereocenters. The Morgan fingerprint density at radius 3 is 2.61 bits per heavy atom. The molecule has 23 heavy (non-hydrogen) atoms. The molecule has 1 aliphatic rings. The van der Waals surface area contributed by atoms with Crippen LogP contribution in [0.1, 0.15) is 11.1 Å². The second-order valence-corrected chi connectivity index (χ2v) is 7.33. The first kappa shape index (κ1) is 11.9. The van der Waals surface area contributed by atoms with Crippen molar-refractivity contribution < 1.29 is 0 Å². The number of aromatic nitrogens is 1. The molecule has 0 saturated carbocycles. The highest BCUT2D eigenvalue weighted by atomic mass is 32.1. The van der Waals surface area contributed by atoms with Crippen molar-refractivity contribution in [2.45, 2.75) is 6.42 Å². The number of nitrogens with one attached hydrogen (secondary N) is 1. The van der Waals surface area contributed by atoms with Crippen LogP contribution in [0.15, 0.2) is 60.7 Å². The third-order valence-electron chi connectivity index (χ3n) is 5.08. The van der Waals surface area contributed by atoms with E-state index in [1.165, 1.54) is 53.5 Å². The number of rotatable bonds is 0. The minimum atomic E-state index is 1.04. The smallest absolute Gasteiger partial charge is 0.0643 e. The number of H-pyrrole nitrogens is 1. The fraction of sp³-hybridized carbons (Fsp3) is 0.0476. The lowest BCUT2D eigenvalue weighted by Crippen LogP contribution is -1.81. The van der Waals surface area contributed by atoms with Gasteiger partial charge in [-0.15, -0.1) is 11.3 Å². The molecule has 0 spiro atoms. The van der Waals surface area contributed by atoms with Crippen molar-refractivity contribution >= 4 is 42.4 Å². The van der Waals surface area contributed by atoms with Gasteiger partial charge in [0.1, 0.15) is 0 Å². The van der Waals surface area contributed by atoms with Crippen molar-refractivity contribution in [3.8, 4) is 11.3 Å². The first-order valence-electron chi connectivity index (χ1n) is 7.93. The summed E-state index contributed by atoms with van der Waals surface area (Å²) in [7, 11) is 0. The van der Waals surface area contributed by atoms with Crippen LogP contribution >= 0.6 is 11.3 Å². The molecule has 0 aliphatic heterocycles. The molecule has 0 saturated heterocycles. The molecule has 5 aromatic rings. The van der Waals surface area contributed by atoms with E-state index in [4.69, 9.17) is 0 Å². The van der Waals surface area contributed by atoms with Gasteiger partial charge in [-0.25, -0.2) is 0 Å². The summed E-state index contributed by atoms with van der Waals surface area (Å²) in [5.74, 6) is 0. The summed E-state index contributed by atoms with van der Waals surface area (Å²) in [6.07, 6.45) is 1.04. The lowest BCUT2D eigenvalue weighted by atomic mass is 10.1. The Morgan fingerprint density at radius 2 is 1.61 bits per heavy atom. The Hall–Kier alpha value is -2.58. The van der Waals surface area contributed by atoms with Crippen molar-refractivity contribution in [2.75, 3.05) is 0 Å². The maximum atomic E-state index is 3.75. The van der Waals surface area contributed by atoms with Gasteiger partial charge >= 0.3 is 0 Å². The molecular weight excluding hydrogens is 298 g/mol. The van der Waals surface area contributed by atoms with Gasteiger partial charge in [0.25, 0.3) is 0 Å². The maximum Gasteiger partial charge on any atom is 0.0643 e. The van der Waals surface area contributed by atoms with Crippen LogP contribution in [-0.4, -0.2) is 4.98 Å². The maximum absolute atomic E-state index is 3.75. The topological polar surface area (TPSA) is 15.8 Å². The predicted molar refractivity (Wildman–Crippen MR) is 99.4 cm³/mol. The molecular formula is C21H13NS. The molecule has 108 valence electrons. The van der Waals surface area contributed by atoms with Crippen LogP contribution in [0, 0.1) is 0 Å². The molecule has 0 radical (unpaired) electrons. The minimum absolute atomic E-state index is 1.04. The minimum Gasteiger partial charge on any atom is -0.353 e. The molecule has 2 heterocycles. The summed E-state index contributed by atoms with van der Waals surface area (Å²) < 4.78 is 2.75. The van der Waals surface area contributed by atoms with Crippen LogP contribution in [0.2, 0.25) is 0 Å². The van der Waals surface area contributed by atoms with Crippen LogP contribution in [0.25, 0.3) is 42.3 Å². The fourth-order valence-electron chi connectivity index (χ4n) is 4.02. The zero-order valence-corrected chi connectivity index (χ0v) is 13.2. The molecule has 2 aromatic heterocycles. The van der Waals surface area contributed by atoms with Crippen LogP contribution in [0.5, 0.6) is 0 Å². The summed E-state index contributed by atoms with van der Waals surface area (Å²) in [5.41, 5.74) is 6.89. The molecule has 1 nitrogen and oxygen atoms in total. The van der Waals surface area contributed by atoms with Gasteiger partial charge in [0.2, 0.25) is 0 Å². The van der Waals surface area contributed by atoms with Crippen LogP contribution in [-0.2, 0) is 6.42 Å². The molecule has 6 rings (SSSR count). The normalized spacial score (nSPS) is 13.0. The average molecular weight is 311 g/mol. The lowest BCUT2D eigenvalue weighted by molar-refractivity contribution is 1.29. The highest BCUT2D eigenvalue weighted by Gasteiger charge is 2.23. The van der Waals surface area contributed by atoms with Gasteiger partial charge < -0.3 is 4.98 Å². The number of fused-ring (bicyclic) bond motifs is 9. The van der Waals surface area contributed by atoms with E-state index in [1.54, 1.807) is 0 Å². The Balaban J connectivity index is 1.78. The molecule has 0 bridgehead atoms. The first-order chi connectivity index (χ1) is 11.4. The highest BCUT2D eigenvalue weighted by molar-refractivity contribution is 7.26. The Kier molecular flexibility index (Phi) is 2.09. The zero-order chi connectivity index (χ0) is 15.0. The van der Waals surface area contributed by atoms with Crippen molar-refractivity contribution in [3.63, 3.8) is 0 Å². The van der Waals surface area contributed by atoms with E-state index in [0.29, 0.717) is 0 Å². The SMILES string of the molecule is c1ccc2c(c1)Cc1c-2[nH]c2c1ccc1c3ccccc3sc12. The summed E-state index contributed by atoms with van der Waals surface area (Å²) in [6.45, 7) is 0. The van der Waals surface area contributed by atoms with Crippen LogP contribution < -0.4 is 0 Å². The van der Waals surface area contributed by atoms with Gasteiger partial charge in [-0.1, -0.05) is 54.6 Å². The second kappa shape index (κ2) is 4.03. The molecule has 0 unspecified atom stereocenters. The summed E-state index contributed by atoms with van der Waals surface area (Å²) in [5, 5.41) is 4.12. The van der Waals surface area contributed by atoms with Crippen molar-refractivity contribution in [2.24, 2.45) is 0 Å². The van der Waals surface area contributed by atoms with Gasteiger partial charge in [0.15, 0.2) is 0 Å². The fourth-order valence-corrected chi connectivity index (χ4v) is 5.23. The van der Waals surface area contributed by atoms with Crippen molar-refractivity contribution in [1.82, 2.24) is 4.98 Å². The van der Waals surface area contributed by atoms with E-state index < -0.39 is 0 Å². The number of hydrogen-bond acceptors (Lipinski definition) is 1. The van der Waals surface area contributed by atoms with Crippen molar-refractivity contribution in [3.05, 3.63) is 71.8 Å². The van der Waals surface area contributed by atoms with Gasteiger partial charge in [0.05, 0.1) is 15.9 Å². The summed E-state index contributed by atoms with van der Waals surface area (Å²) >= 11 is 1.90. The predicted octanol–water partition coefficient (Wildman–Crippen LogP) is 6.11. The van der Waals surface area contributed by atoms with Gasteiger partial charge in [-0.3, -0.25) is 0 Å². The van der Waals surface area contributed by atoms with E-state index in [9.17, 15) is 0 Å². The van der Waals surface area contributed by atoms with Gasteiger partial charge in [-0.05, 0) is 17.2 Å². The molecule has 1 N–H and O–H groups in total. The molecule has 0 amide bonds. The van der Waals surface area contributed by atoms with Crippen molar-refractivity contribution in [1.29, 1.82) is 0 Å². The third-order valence-corrected chi connectivity index (χ3v) is 6.28. The molecule has 2 heteroatoms. The number of thiophene rings is 1. The highest BCUT2D eigenvalue weighted by Crippen LogP contribution is 2.44. The standard InChI is InChI=1S/C21H13NS/c1-2-6-13-12(5-1)11-17-15-9-10-16-14-7-3-4-8-18(14)23-21(16)20(15)22-19(13)17/h1-10,22H,11H2. The van der Waals surface area contributed by atoms with E-state index >= 15 is 0 Å². The number of hydrogen-bond donors (Lipinski definition) is 1. The van der Waals surface area contributed by atoms with E-state index in [0.717, 1.165) is 6.42 Å². The third kappa shape index (κ3) is 1.42. The number of benzene rings is 3. The molecule has 3 aromatic carbocycles. The average Bonchev–Trinajstić information content (AvgIpc) is 3.23. The Bertz CT molecular complexity index is 1240. The van der Waals surface area contributed by atoms with Crippen LogP contribution in [0.3, 0.4) is 0 Å². The summed E-state index contributed by atoms with van der Waals surface area (Å²) in [6, 6.07) is 22.1. The van der Waals surface area contributed by atoms with E-state index in [-0.39, 0.29) is 0 Å². The largest absolute Gasteiger partial charge is 0.353 e. The number of aromatic amines is 1. The molecule has 0 fully saturated rings. The lowest BCUT2D eigenvalue weighted by Gasteiger charge is -1.99. The monoisotopic (exact) mass is 311 g/mol. The van der Waals surface area contributed by atoms with Gasteiger partial charge in [-0.2, -0.15) is 0 Å². The Morgan fingerprint density at radius 1 is 0.783 bits per heavy atom. The van der Waals surface area contributed by atoms with E-state index in [1.807, 2.05) is 11.3 Å². The first-order valence-corrected chi connectivity index (χ1v) is 8.75. The van der Waals surface area contributed by atoms with E-state index in [2.05, 4.69) is 65.6 Å². The Labute approximate surface area is 137 Å².